The third-order valence-corrected chi connectivity index (χ3v) is 6.40. The highest BCUT2D eigenvalue weighted by Gasteiger charge is 2.33. The number of rotatable bonds is 7. The molecule has 2 saturated carbocycles. The standard InChI is InChI=1S/C26H28N4O3/c1-3-29-23-13-8-19(14-22(23)27-16(2)25(29)32)26(33)30(21-11-12-21)15-17-4-6-18(7-5-17)24(31)28-20-9-10-20/h4-8,13-14,20-21H,3,9-12,15H2,1-2H3,(H,28,31). The van der Waals surface area contributed by atoms with E-state index in [0.717, 1.165) is 36.8 Å². The number of amides is 2. The Morgan fingerprint density at radius 3 is 2.39 bits per heavy atom. The van der Waals surface area contributed by atoms with Gasteiger partial charge in [-0.05, 0) is 75.4 Å². The molecule has 2 fully saturated rings. The summed E-state index contributed by atoms with van der Waals surface area (Å²) in [5, 5.41) is 3.00. The molecule has 0 aliphatic heterocycles. The molecule has 0 saturated heterocycles. The molecule has 0 spiro atoms. The summed E-state index contributed by atoms with van der Waals surface area (Å²) in [6.45, 7) is 4.67. The Morgan fingerprint density at radius 2 is 1.76 bits per heavy atom. The van der Waals surface area contributed by atoms with E-state index in [2.05, 4.69) is 10.3 Å². The molecular formula is C26H28N4O3. The zero-order chi connectivity index (χ0) is 23.1. The Labute approximate surface area is 192 Å². The minimum atomic E-state index is -0.0991. The van der Waals surface area contributed by atoms with Gasteiger partial charge in [-0.2, -0.15) is 0 Å². The second-order valence-corrected chi connectivity index (χ2v) is 9.06. The molecule has 3 aromatic rings. The molecule has 5 rings (SSSR count). The fourth-order valence-electron chi connectivity index (χ4n) is 4.19. The minimum Gasteiger partial charge on any atom is -0.349 e. The van der Waals surface area contributed by atoms with E-state index in [4.69, 9.17) is 0 Å². The molecule has 33 heavy (non-hydrogen) atoms. The molecule has 1 N–H and O–H groups in total. The van der Waals surface area contributed by atoms with Gasteiger partial charge in [0.05, 0.1) is 11.0 Å². The van der Waals surface area contributed by atoms with Gasteiger partial charge in [0.1, 0.15) is 5.69 Å². The Bertz CT molecular complexity index is 1290. The van der Waals surface area contributed by atoms with Crippen LogP contribution >= 0.6 is 0 Å². The van der Waals surface area contributed by atoms with E-state index in [1.165, 1.54) is 0 Å². The molecule has 2 aliphatic rings. The lowest BCUT2D eigenvalue weighted by Gasteiger charge is -2.23. The van der Waals surface area contributed by atoms with Crippen LogP contribution in [0.5, 0.6) is 0 Å². The Hall–Kier alpha value is -3.48. The van der Waals surface area contributed by atoms with Crippen molar-refractivity contribution in [3.05, 3.63) is 75.2 Å². The highest BCUT2D eigenvalue weighted by molar-refractivity contribution is 5.98. The molecule has 2 aromatic carbocycles. The summed E-state index contributed by atoms with van der Waals surface area (Å²) in [6.07, 6.45) is 4.10. The van der Waals surface area contributed by atoms with Gasteiger partial charge in [0.2, 0.25) is 0 Å². The number of nitrogens with zero attached hydrogens (tertiary/aromatic N) is 3. The number of aryl methyl sites for hydroxylation is 2. The summed E-state index contributed by atoms with van der Waals surface area (Å²) >= 11 is 0. The van der Waals surface area contributed by atoms with Crippen LogP contribution in [0, 0.1) is 6.92 Å². The maximum absolute atomic E-state index is 13.4. The number of aromatic nitrogens is 2. The van der Waals surface area contributed by atoms with Gasteiger partial charge in [0.15, 0.2) is 0 Å². The van der Waals surface area contributed by atoms with Crippen LogP contribution in [0.1, 0.15) is 64.6 Å². The molecular weight excluding hydrogens is 416 g/mol. The SMILES string of the molecule is CCn1c(=O)c(C)nc2cc(C(=O)N(Cc3ccc(C(=O)NC4CC4)cc3)C3CC3)ccc21. The summed E-state index contributed by atoms with van der Waals surface area (Å²) in [6, 6.07) is 13.5. The fourth-order valence-corrected chi connectivity index (χ4v) is 4.19. The van der Waals surface area contributed by atoms with Crippen LogP contribution in [-0.2, 0) is 13.1 Å². The second kappa shape index (κ2) is 8.46. The van der Waals surface area contributed by atoms with Gasteiger partial charge in [-0.15, -0.1) is 0 Å². The van der Waals surface area contributed by atoms with Gasteiger partial charge in [-0.3, -0.25) is 14.4 Å². The number of hydrogen-bond donors (Lipinski definition) is 1. The van der Waals surface area contributed by atoms with Gasteiger partial charge in [0, 0.05) is 36.3 Å². The van der Waals surface area contributed by atoms with Crippen molar-refractivity contribution < 1.29 is 9.59 Å². The third kappa shape index (κ3) is 4.40. The first-order valence-corrected chi connectivity index (χ1v) is 11.7. The molecule has 1 aromatic heterocycles. The van der Waals surface area contributed by atoms with Crippen LogP contribution < -0.4 is 10.9 Å². The number of hydrogen-bond acceptors (Lipinski definition) is 4. The van der Waals surface area contributed by atoms with Crippen LogP contribution in [0.2, 0.25) is 0 Å². The maximum Gasteiger partial charge on any atom is 0.272 e. The summed E-state index contributed by atoms with van der Waals surface area (Å²) in [7, 11) is 0. The van der Waals surface area contributed by atoms with E-state index in [9.17, 15) is 14.4 Å². The van der Waals surface area contributed by atoms with Crippen molar-refractivity contribution in [2.24, 2.45) is 0 Å². The lowest BCUT2D eigenvalue weighted by Crippen LogP contribution is -2.32. The average molecular weight is 445 g/mol. The average Bonchev–Trinajstić information content (AvgIpc) is 3.73. The molecule has 2 amide bonds. The van der Waals surface area contributed by atoms with Gasteiger partial charge >= 0.3 is 0 Å². The van der Waals surface area contributed by atoms with E-state index >= 15 is 0 Å². The van der Waals surface area contributed by atoms with Crippen LogP contribution in [-0.4, -0.2) is 38.3 Å². The summed E-state index contributed by atoms with van der Waals surface area (Å²) in [5.74, 6) is -0.0765. The summed E-state index contributed by atoms with van der Waals surface area (Å²) in [5.41, 5.74) is 3.93. The highest BCUT2D eigenvalue weighted by Crippen LogP contribution is 2.30. The lowest BCUT2D eigenvalue weighted by molar-refractivity contribution is 0.0729. The molecule has 0 unspecified atom stereocenters. The van der Waals surface area contributed by atoms with E-state index in [-0.39, 0.29) is 23.4 Å². The summed E-state index contributed by atoms with van der Waals surface area (Å²) in [4.78, 5) is 44.4. The largest absolute Gasteiger partial charge is 0.349 e. The Balaban J connectivity index is 1.38. The van der Waals surface area contributed by atoms with Crippen LogP contribution in [0.3, 0.4) is 0 Å². The Morgan fingerprint density at radius 1 is 1.06 bits per heavy atom. The van der Waals surface area contributed by atoms with Crippen molar-refractivity contribution in [3.8, 4) is 0 Å². The number of nitrogens with one attached hydrogen (secondary N) is 1. The van der Waals surface area contributed by atoms with Gasteiger partial charge in [0.25, 0.3) is 17.4 Å². The van der Waals surface area contributed by atoms with Gasteiger partial charge < -0.3 is 14.8 Å². The quantitative estimate of drug-likeness (QED) is 0.605. The van der Waals surface area contributed by atoms with E-state index < -0.39 is 0 Å². The minimum absolute atomic E-state index is 0.0383. The van der Waals surface area contributed by atoms with Crippen molar-refractivity contribution in [1.29, 1.82) is 0 Å². The molecule has 170 valence electrons. The molecule has 7 nitrogen and oxygen atoms in total. The van der Waals surface area contributed by atoms with Crippen LogP contribution in [0.25, 0.3) is 11.0 Å². The van der Waals surface area contributed by atoms with Crippen LogP contribution in [0.15, 0.2) is 47.3 Å². The van der Waals surface area contributed by atoms with E-state index in [1.54, 1.807) is 23.6 Å². The zero-order valence-electron chi connectivity index (χ0n) is 19.0. The first-order valence-electron chi connectivity index (χ1n) is 11.7. The lowest BCUT2D eigenvalue weighted by atomic mass is 10.1. The van der Waals surface area contributed by atoms with Crippen molar-refractivity contribution in [1.82, 2.24) is 19.8 Å². The number of fused-ring (bicyclic) bond motifs is 1. The van der Waals surface area contributed by atoms with Crippen molar-refractivity contribution >= 4 is 22.8 Å². The monoisotopic (exact) mass is 444 g/mol. The number of carbonyl (C=O) groups is 2. The van der Waals surface area contributed by atoms with Crippen molar-refractivity contribution in [2.75, 3.05) is 0 Å². The molecule has 7 heteroatoms. The zero-order valence-corrected chi connectivity index (χ0v) is 19.0. The normalized spacial score (nSPS) is 15.5. The maximum atomic E-state index is 13.4. The first kappa shape index (κ1) is 21.4. The Kier molecular flexibility index (Phi) is 5.48. The highest BCUT2D eigenvalue weighted by atomic mass is 16.2. The summed E-state index contributed by atoms with van der Waals surface area (Å²) < 4.78 is 1.69. The first-order chi connectivity index (χ1) is 15.9. The van der Waals surface area contributed by atoms with Gasteiger partial charge in [-0.1, -0.05) is 12.1 Å². The van der Waals surface area contributed by atoms with Gasteiger partial charge in [-0.25, -0.2) is 4.98 Å². The third-order valence-electron chi connectivity index (χ3n) is 6.40. The second-order valence-electron chi connectivity index (χ2n) is 9.06. The predicted molar refractivity (Wildman–Crippen MR) is 126 cm³/mol. The molecule has 0 atom stereocenters. The molecule has 2 aliphatic carbocycles. The molecule has 0 radical (unpaired) electrons. The van der Waals surface area contributed by atoms with E-state index in [0.29, 0.717) is 41.5 Å². The number of carbonyl (C=O) groups excluding carboxylic acids is 2. The van der Waals surface area contributed by atoms with Crippen LogP contribution in [0.4, 0.5) is 0 Å². The molecule has 0 bridgehead atoms. The number of benzene rings is 2. The smallest absolute Gasteiger partial charge is 0.272 e. The van der Waals surface area contributed by atoms with E-state index in [1.807, 2.05) is 42.2 Å². The topological polar surface area (TPSA) is 84.3 Å². The van der Waals surface area contributed by atoms with Crippen molar-refractivity contribution in [2.45, 2.75) is 64.7 Å². The molecule has 1 heterocycles. The predicted octanol–water partition coefficient (Wildman–Crippen LogP) is 3.42. The van der Waals surface area contributed by atoms with Crippen molar-refractivity contribution in [3.63, 3.8) is 0 Å². The fraction of sp³-hybridized carbons (Fsp3) is 0.385.